The summed E-state index contributed by atoms with van der Waals surface area (Å²) in [5.41, 5.74) is 2.06. The Morgan fingerprint density at radius 3 is 2.67 bits per heavy atom. The molecule has 0 saturated heterocycles. The molecule has 0 aromatic heterocycles. The van der Waals surface area contributed by atoms with Crippen LogP contribution in [0.25, 0.3) is 0 Å². The minimum atomic E-state index is -0.774. The number of nitrogens with zero attached hydrogens (tertiary/aromatic N) is 1. The third-order valence-corrected chi connectivity index (χ3v) is 2.87. The van der Waals surface area contributed by atoms with Crippen molar-refractivity contribution < 1.29 is 14.6 Å². The monoisotopic (exact) mass is 251 g/mol. The maximum absolute atomic E-state index is 10.8. The smallest absolute Gasteiger partial charge is 0.308 e. The van der Waals surface area contributed by atoms with Gasteiger partial charge in [-0.05, 0) is 37.6 Å². The minimum absolute atomic E-state index is 0.387. The van der Waals surface area contributed by atoms with Crippen LogP contribution in [0.5, 0.6) is 5.75 Å². The van der Waals surface area contributed by atoms with E-state index in [-0.39, 0.29) is 5.92 Å². The van der Waals surface area contributed by atoms with Crippen molar-refractivity contribution in [2.45, 2.75) is 20.8 Å². The molecule has 0 heterocycles. The first-order valence-electron chi connectivity index (χ1n) is 6.13. The molecule has 0 aliphatic carbocycles. The van der Waals surface area contributed by atoms with Crippen LogP contribution in [0.4, 0.5) is 5.69 Å². The summed E-state index contributed by atoms with van der Waals surface area (Å²) in [4.78, 5) is 12.8. The number of hydrogen-bond donors (Lipinski definition) is 1. The van der Waals surface area contributed by atoms with E-state index in [9.17, 15) is 4.79 Å². The maximum Gasteiger partial charge on any atom is 0.308 e. The van der Waals surface area contributed by atoms with E-state index in [4.69, 9.17) is 9.84 Å². The fourth-order valence-electron chi connectivity index (χ4n) is 1.78. The molecule has 0 radical (unpaired) electrons. The molecular formula is C14H21NO3. The van der Waals surface area contributed by atoms with Gasteiger partial charge in [-0.3, -0.25) is 4.79 Å². The first kappa shape index (κ1) is 14.4. The second-order valence-electron chi connectivity index (χ2n) is 4.50. The highest BCUT2D eigenvalue weighted by Gasteiger charge is 2.14. The fourth-order valence-corrected chi connectivity index (χ4v) is 1.78. The van der Waals surface area contributed by atoms with Crippen LogP contribution in [-0.4, -0.2) is 31.3 Å². The zero-order valence-corrected chi connectivity index (χ0v) is 11.4. The predicted octanol–water partition coefficient (Wildman–Crippen LogP) is 2.55. The van der Waals surface area contributed by atoms with Crippen LogP contribution in [0.15, 0.2) is 18.2 Å². The second kappa shape index (κ2) is 6.28. The summed E-state index contributed by atoms with van der Waals surface area (Å²) in [5.74, 6) is -0.285. The van der Waals surface area contributed by atoms with E-state index in [1.807, 2.05) is 44.0 Å². The predicted molar refractivity (Wildman–Crippen MR) is 72.4 cm³/mol. The Balaban J connectivity index is 2.77. The molecule has 0 spiro atoms. The molecule has 1 unspecified atom stereocenters. The average Bonchev–Trinajstić information content (AvgIpc) is 2.31. The highest BCUT2D eigenvalue weighted by molar-refractivity contribution is 5.70. The van der Waals surface area contributed by atoms with E-state index >= 15 is 0 Å². The lowest BCUT2D eigenvalue weighted by Gasteiger charge is -2.22. The lowest BCUT2D eigenvalue weighted by molar-refractivity contribution is -0.140. The Hall–Kier alpha value is -1.71. The number of rotatable bonds is 6. The fraction of sp³-hybridized carbons (Fsp3) is 0.500. The molecule has 1 aromatic rings. The van der Waals surface area contributed by atoms with Crippen LogP contribution in [0, 0.1) is 12.8 Å². The molecule has 4 heteroatoms. The quantitative estimate of drug-likeness (QED) is 0.844. The Bertz CT molecular complexity index is 418. The number of aryl methyl sites for hydroxylation is 1. The van der Waals surface area contributed by atoms with Crippen LogP contribution < -0.4 is 9.64 Å². The van der Waals surface area contributed by atoms with Crippen molar-refractivity contribution >= 4 is 11.7 Å². The Morgan fingerprint density at radius 1 is 1.50 bits per heavy atom. The van der Waals surface area contributed by atoms with E-state index < -0.39 is 5.97 Å². The number of carboxylic acid groups (broad SMARTS) is 1. The molecule has 0 fully saturated rings. The number of benzene rings is 1. The molecule has 1 N–H and O–H groups in total. The van der Waals surface area contributed by atoms with Crippen LogP contribution in [0.1, 0.15) is 19.4 Å². The van der Waals surface area contributed by atoms with E-state index in [2.05, 4.69) is 0 Å². The summed E-state index contributed by atoms with van der Waals surface area (Å²) in [5, 5.41) is 8.90. The molecule has 18 heavy (non-hydrogen) atoms. The van der Waals surface area contributed by atoms with Gasteiger partial charge >= 0.3 is 5.97 Å². The van der Waals surface area contributed by atoms with Crippen molar-refractivity contribution in [3.05, 3.63) is 23.8 Å². The summed E-state index contributed by atoms with van der Waals surface area (Å²) in [6, 6.07) is 5.89. The molecule has 0 aliphatic heterocycles. The van der Waals surface area contributed by atoms with E-state index in [1.54, 1.807) is 6.92 Å². The Morgan fingerprint density at radius 2 is 2.17 bits per heavy atom. The zero-order chi connectivity index (χ0) is 13.7. The van der Waals surface area contributed by atoms with Crippen LogP contribution in [-0.2, 0) is 4.79 Å². The van der Waals surface area contributed by atoms with Crippen molar-refractivity contribution in [3.63, 3.8) is 0 Å². The van der Waals surface area contributed by atoms with E-state index in [0.29, 0.717) is 13.2 Å². The van der Waals surface area contributed by atoms with Crippen molar-refractivity contribution in [1.29, 1.82) is 0 Å². The number of aliphatic carboxylic acids is 1. The number of carbonyl (C=O) groups is 1. The van der Waals surface area contributed by atoms with Crippen LogP contribution >= 0.6 is 0 Å². The average molecular weight is 251 g/mol. The van der Waals surface area contributed by atoms with Crippen molar-refractivity contribution in [1.82, 2.24) is 0 Å². The molecular weight excluding hydrogens is 230 g/mol. The van der Waals surface area contributed by atoms with Gasteiger partial charge in [0.2, 0.25) is 0 Å². The van der Waals surface area contributed by atoms with E-state index in [1.165, 1.54) is 0 Å². The largest absolute Gasteiger partial charge is 0.494 e. The normalized spacial score (nSPS) is 12.0. The van der Waals surface area contributed by atoms with Crippen molar-refractivity contribution in [2.24, 2.45) is 5.92 Å². The maximum atomic E-state index is 10.8. The van der Waals surface area contributed by atoms with Gasteiger partial charge in [0.1, 0.15) is 5.75 Å². The molecule has 0 saturated carbocycles. The van der Waals surface area contributed by atoms with Gasteiger partial charge in [-0.1, -0.05) is 6.92 Å². The number of anilines is 1. The van der Waals surface area contributed by atoms with Crippen molar-refractivity contribution in [3.8, 4) is 5.75 Å². The number of carboxylic acids is 1. The zero-order valence-electron chi connectivity index (χ0n) is 11.4. The van der Waals surface area contributed by atoms with Crippen LogP contribution in [0.3, 0.4) is 0 Å². The lowest BCUT2D eigenvalue weighted by atomic mass is 10.1. The lowest BCUT2D eigenvalue weighted by Crippen LogP contribution is -2.28. The number of ether oxygens (including phenoxy) is 1. The SMILES string of the molecule is CCOc1ccc(N(C)CC(C)C(=O)O)cc1C. The van der Waals surface area contributed by atoms with Gasteiger partial charge in [-0.15, -0.1) is 0 Å². The molecule has 1 aromatic carbocycles. The summed E-state index contributed by atoms with van der Waals surface area (Å²) in [7, 11) is 1.90. The molecule has 1 atom stereocenters. The van der Waals surface area contributed by atoms with Gasteiger partial charge in [-0.2, -0.15) is 0 Å². The standard InChI is InChI=1S/C14H21NO3/c1-5-18-13-7-6-12(8-10(13)2)15(4)9-11(3)14(16)17/h6-8,11H,5,9H2,1-4H3,(H,16,17). The Kier molecular flexibility index (Phi) is 5.01. The third kappa shape index (κ3) is 3.65. The van der Waals surface area contributed by atoms with E-state index in [0.717, 1.165) is 17.0 Å². The molecule has 0 aliphatic rings. The summed E-state index contributed by atoms with van der Waals surface area (Å²) >= 11 is 0. The van der Waals surface area contributed by atoms with Gasteiger partial charge < -0.3 is 14.7 Å². The third-order valence-electron chi connectivity index (χ3n) is 2.87. The topological polar surface area (TPSA) is 49.8 Å². The van der Waals surface area contributed by atoms with Gasteiger partial charge in [-0.25, -0.2) is 0 Å². The Labute approximate surface area is 108 Å². The van der Waals surface area contributed by atoms with Crippen LogP contribution in [0.2, 0.25) is 0 Å². The summed E-state index contributed by atoms with van der Waals surface area (Å²) < 4.78 is 5.48. The highest BCUT2D eigenvalue weighted by Crippen LogP contribution is 2.24. The molecule has 0 amide bonds. The minimum Gasteiger partial charge on any atom is -0.494 e. The van der Waals surface area contributed by atoms with Gasteiger partial charge in [0.05, 0.1) is 12.5 Å². The summed E-state index contributed by atoms with van der Waals surface area (Å²) in [6.07, 6.45) is 0. The number of hydrogen-bond acceptors (Lipinski definition) is 3. The molecule has 1 rings (SSSR count). The van der Waals surface area contributed by atoms with Gasteiger partial charge in [0.15, 0.2) is 0 Å². The van der Waals surface area contributed by atoms with Gasteiger partial charge in [0, 0.05) is 19.3 Å². The van der Waals surface area contributed by atoms with Gasteiger partial charge in [0.25, 0.3) is 0 Å². The first-order valence-corrected chi connectivity index (χ1v) is 6.13. The highest BCUT2D eigenvalue weighted by atomic mass is 16.5. The van der Waals surface area contributed by atoms with Crippen molar-refractivity contribution in [2.75, 3.05) is 25.1 Å². The second-order valence-corrected chi connectivity index (χ2v) is 4.50. The first-order chi connectivity index (χ1) is 8.45. The molecule has 100 valence electrons. The molecule has 4 nitrogen and oxygen atoms in total. The summed E-state index contributed by atoms with van der Waals surface area (Å²) in [6.45, 7) is 6.78. The molecule has 0 bridgehead atoms.